The molecule has 11 heteroatoms. The third-order valence-electron chi connectivity index (χ3n) is 6.11. The molecule has 7 nitrogen and oxygen atoms in total. The molecule has 1 atom stereocenters. The molecule has 3 aromatic rings. The summed E-state index contributed by atoms with van der Waals surface area (Å²) in [7, 11) is 1.61. The second kappa shape index (κ2) is 13.1. The fourth-order valence-corrected chi connectivity index (χ4v) is 4.44. The maximum atomic E-state index is 15.1. The average molecular weight is 536 g/mol. The summed E-state index contributed by atoms with van der Waals surface area (Å²) in [5.41, 5.74) is 4.19. The number of piperidine rings is 1. The standard InChI is InChI=1S/C25H29F2N5O2S.H2S/c1-17-21(33-20-12-14-32(15-13-20)18(2)19-8-5-4-6-9-19)16-28-25(24(17)27)31(3)35-34-30-23-11-7-10-22(26)29-23;/h4-11,16,18,20H,12-15H2,1-3H3,(H,29,30);1H2. The van der Waals surface area contributed by atoms with Crippen molar-refractivity contribution in [3.8, 4) is 5.75 Å². The van der Waals surface area contributed by atoms with E-state index in [0.29, 0.717) is 17.4 Å². The zero-order valence-corrected chi connectivity index (χ0v) is 22.3. The lowest BCUT2D eigenvalue weighted by atomic mass is 10.0. The third kappa shape index (κ3) is 7.00. The van der Waals surface area contributed by atoms with Gasteiger partial charge in [-0.2, -0.15) is 22.2 Å². The molecule has 1 aliphatic rings. The summed E-state index contributed by atoms with van der Waals surface area (Å²) >= 11 is 0.807. The number of halogens is 2. The summed E-state index contributed by atoms with van der Waals surface area (Å²) in [5, 5.41) is 0. The Morgan fingerprint density at radius 2 is 1.83 bits per heavy atom. The van der Waals surface area contributed by atoms with Gasteiger partial charge in [-0.25, -0.2) is 19.8 Å². The van der Waals surface area contributed by atoms with Crippen LogP contribution in [0.4, 0.5) is 20.4 Å². The van der Waals surface area contributed by atoms with Crippen LogP contribution in [0.1, 0.15) is 36.9 Å². The van der Waals surface area contributed by atoms with Crippen molar-refractivity contribution in [3.63, 3.8) is 0 Å². The lowest BCUT2D eigenvalue weighted by Gasteiger charge is -2.36. The number of aromatic nitrogens is 2. The van der Waals surface area contributed by atoms with Crippen LogP contribution in [0, 0.1) is 18.7 Å². The number of anilines is 2. The van der Waals surface area contributed by atoms with Gasteiger partial charge >= 0.3 is 0 Å². The minimum atomic E-state index is -0.632. The summed E-state index contributed by atoms with van der Waals surface area (Å²) < 4.78 is 41.0. The Morgan fingerprint density at radius 3 is 2.53 bits per heavy atom. The van der Waals surface area contributed by atoms with Gasteiger partial charge in [0.15, 0.2) is 17.5 Å². The fraction of sp³-hybridized carbons (Fsp3) is 0.360. The SMILES string of the molecule is Cc1c(OC2CCN(C(C)c3ccccc3)CC2)cnc(N(C)SONc2cccc(F)n2)c1F.S. The van der Waals surface area contributed by atoms with E-state index in [0.717, 1.165) is 38.2 Å². The molecule has 0 aliphatic carbocycles. The van der Waals surface area contributed by atoms with Gasteiger partial charge in [0, 0.05) is 31.7 Å². The molecule has 0 radical (unpaired) electrons. The van der Waals surface area contributed by atoms with Crippen molar-refractivity contribution in [3.05, 3.63) is 77.6 Å². The van der Waals surface area contributed by atoms with E-state index in [9.17, 15) is 4.39 Å². The Labute approximate surface area is 222 Å². The molecule has 0 spiro atoms. The monoisotopic (exact) mass is 535 g/mol. The quantitative estimate of drug-likeness (QED) is 0.159. The minimum absolute atomic E-state index is 0. The molecule has 1 saturated heterocycles. The van der Waals surface area contributed by atoms with Crippen LogP contribution >= 0.6 is 25.7 Å². The molecule has 194 valence electrons. The largest absolute Gasteiger partial charge is 0.488 e. The highest BCUT2D eigenvalue weighted by atomic mass is 32.2. The zero-order valence-electron chi connectivity index (χ0n) is 20.4. The molecule has 0 saturated carbocycles. The number of hydrogen-bond acceptors (Lipinski definition) is 8. The maximum absolute atomic E-state index is 15.1. The van der Waals surface area contributed by atoms with Crippen molar-refractivity contribution in [1.82, 2.24) is 14.9 Å². The third-order valence-corrected chi connectivity index (χ3v) is 6.66. The van der Waals surface area contributed by atoms with Gasteiger partial charge in [-0.15, -0.1) is 0 Å². The second-order valence-corrected chi connectivity index (χ2v) is 9.29. The van der Waals surface area contributed by atoms with E-state index in [4.69, 9.17) is 9.02 Å². The molecule has 36 heavy (non-hydrogen) atoms. The van der Waals surface area contributed by atoms with Gasteiger partial charge in [-0.05, 0) is 44.4 Å². The van der Waals surface area contributed by atoms with Crippen LogP contribution in [0.5, 0.6) is 5.75 Å². The number of hydrogen-bond donors (Lipinski definition) is 1. The van der Waals surface area contributed by atoms with E-state index < -0.39 is 11.8 Å². The second-order valence-electron chi connectivity index (χ2n) is 8.43. The van der Waals surface area contributed by atoms with E-state index in [1.54, 1.807) is 26.2 Å². The zero-order chi connectivity index (χ0) is 24.8. The van der Waals surface area contributed by atoms with E-state index >= 15 is 4.39 Å². The van der Waals surface area contributed by atoms with Crippen molar-refractivity contribution in [2.75, 3.05) is 29.9 Å². The van der Waals surface area contributed by atoms with Crippen LogP contribution in [0.15, 0.2) is 54.7 Å². The first-order valence-electron chi connectivity index (χ1n) is 11.5. The molecule has 0 bridgehead atoms. The Balaban J connectivity index is 0.00000361. The number of benzene rings is 1. The van der Waals surface area contributed by atoms with Crippen LogP contribution in [0.2, 0.25) is 0 Å². The van der Waals surface area contributed by atoms with Gasteiger partial charge in [-0.1, -0.05) is 36.4 Å². The van der Waals surface area contributed by atoms with Crippen molar-refractivity contribution in [2.45, 2.75) is 38.8 Å². The first-order chi connectivity index (χ1) is 16.9. The number of nitrogens with one attached hydrogen (secondary N) is 1. The van der Waals surface area contributed by atoms with Crippen LogP contribution in [0.3, 0.4) is 0 Å². The molecule has 1 aromatic carbocycles. The van der Waals surface area contributed by atoms with Gasteiger partial charge < -0.3 is 4.74 Å². The highest BCUT2D eigenvalue weighted by molar-refractivity contribution is 7.96. The molecule has 0 amide bonds. The Morgan fingerprint density at radius 1 is 1.11 bits per heavy atom. The van der Waals surface area contributed by atoms with Gasteiger partial charge in [0.25, 0.3) is 0 Å². The molecule has 3 heterocycles. The minimum Gasteiger partial charge on any atom is -0.488 e. The number of pyridine rings is 2. The fourth-order valence-electron chi connectivity index (χ4n) is 4.01. The molecule has 1 aliphatic heterocycles. The average Bonchev–Trinajstić information content (AvgIpc) is 2.87. The van der Waals surface area contributed by atoms with Gasteiger partial charge in [-0.3, -0.25) is 9.21 Å². The summed E-state index contributed by atoms with van der Waals surface area (Å²) in [5.74, 6) is -0.376. The molecule has 1 unspecified atom stereocenters. The van der Waals surface area contributed by atoms with Crippen LogP contribution in [-0.4, -0.2) is 41.1 Å². The molecular formula is C25H31F2N5O2S2. The maximum Gasteiger partial charge on any atom is 0.214 e. The Hall–Kier alpha value is -2.60. The molecular weight excluding hydrogens is 504 g/mol. The highest BCUT2D eigenvalue weighted by Gasteiger charge is 2.26. The molecule has 1 N–H and O–H groups in total. The van der Waals surface area contributed by atoms with Gasteiger partial charge in [0.1, 0.15) is 24.1 Å². The first-order valence-corrected chi connectivity index (χ1v) is 12.2. The molecule has 2 aromatic heterocycles. The van der Waals surface area contributed by atoms with Crippen molar-refractivity contribution in [1.29, 1.82) is 0 Å². The number of ether oxygens (including phenoxy) is 1. The lowest BCUT2D eigenvalue weighted by molar-refractivity contribution is 0.0788. The predicted molar refractivity (Wildman–Crippen MR) is 144 cm³/mol. The van der Waals surface area contributed by atoms with Gasteiger partial charge in [0.2, 0.25) is 5.95 Å². The van der Waals surface area contributed by atoms with E-state index in [-0.39, 0.29) is 31.2 Å². The van der Waals surface area contributed by atoms with Crippen molar-refractivity contribution < 1.29 is 17.8 Å². The van der Waals surface area contributed by atoms with Crippen LogP contribution < -0.4 is 14.5 Å². The van der Waals surface area contributed by atoms with Crippen molar-refractivity contribution in [2.24, 2.45) is 0 Å². The van der Waals surface area contributed by atoms with Crippen LogP contribution in [0.25, 0.3) is 0 Å². The lowest BCUT2D eigenvalue weighted by Crippen LogP contribution is -2.39. The van der Waals surface area contributed by atoms with Crippen molar-refractivity contribution >= 4 is 37.4 Å². The summed E-state index contributed by atoms with van der Waals surface area (Å²) in [4.78, 5) is 10.3. The Bertz CT molecular complexity index is 1120. The number of rotatable bonds is 9. The summed E-state index contributed by atoms with van der Waals surface area (Å²) in [6.45, 7) is 5.73. The summed E-state index contributed by atoms with van der Waals surface area (Å²) in [6, 6.07) is 15.1. The molecule has 1 fully saturated rings. The first kappa shape index (κ1) is 28.0. The highest BCUT2D eigenvalue weighted by Crippen LogP contribution is 2.32. The van der Waals surface area contributed by atoms with Crippen LogP contribution in [-0.2, 0) is 4.28 Å². The van der Waals surface area contributed by atoms with E-state index in [2.05, 4.69) is 51.5 Å². The smallest absolute Gasteiger partial charge is 0.214 e. The predicted octanol–water partition coefficient (Wildman–Crippen LogP) is 5.82. The van der Waals surface area contributed by atoms with Gasteiger partial charge in [0.05, 0.1) is 6.20 Å². The van der Waals surface area contributed by atoms with E-state index in [1.165, 1.54) is 22.0 Å². The van der Waals surface area contributed by atoms with E-state index in [1.807, 2.05) is 6.07 Å². The number of nitrogens with zero attached hydrogens (tertiary/aromatic N) is 4. The topological polar surface area (TPSA) is 62.8 Å². The normalized spacial score (nSPS) is 15.1. The summed E-state index contributed by atoms with van der Waals surface area (Å²) in [6.07, 6.45) is 3.29. The Kier molecular flexibility index (Phi) is 10.2. The number of likely N-dealkylation sites (tertiary alicyclic amines) is 1. The molecule has 4 rings (SSSR count).